The van der Waals surface area contributed by atoms with Gasteiger partial charge in [-0.15, -0.1) is 0 Å². The van der Waals surface area contributed by atoms with E-state index >= 15 is 0 Å². The number of nitrogens with one attached hydrogen (secondary N) is 1. The summed E-state index contributed by atoms with van der Waals surface area (Å²) in [6.45, 7) is 1.57. The van der Waals surface area contributed by atoms with Gasteiger partial charge >= 0.3 is 0 Å². The maximum atomic E-state index is 11.7. The van der Waals surface area contributed by atoms with E-state index in [9.17, 15) is 4.79 Å². The van der Waals surface area contributed by atoms with Crippen LogP contribution in [0.1, 0.15) is 12.5 Å². The van der Waals surface area contributed by atoms with Gasteiger partial charge in [0.15, 0.2) is 6.61 Å². The molecule has 0 radical (unpaired) electrons. The lowest BCUT2D eigenvalue weighted by atomic mass is 10.1. The van der Waals surface area contributed by atoms with Gasteiger partial charge in [0.05, 0.1) is 10.7 Å². The molecule has 0 bridgehead atoms. The molecule has 0 aliphatic heterocycles. The molecule has 0 saturated carbocycles. The molecule has 0 heterocycles. The Hall–Kier alpha value is -1.75. The van der Waals surface area contributed by atoms with Crippen molar-refractivity contribution in [1.29, 1.82) is 0 Å². The molecule has 23 heavy (non-hydrogen) atoms. The molecule has 0 aromatic heterocycles. The molecular formula is C16H13Cl3N2O2. The SMILES string of the molecule is C/C(=N/NC(=O)COc1ccc(Cl)cc1)c1ccc(Cl)cc1Cl. The summed E-state index contributed by atoms with van der Waals surface area (Å²) in [5.74, 6) is 0.162. The van der Waals surface area contributed by atoms with Gasteiger partial charge in [-0.3, -0.25) is 4.79 Å². The van der Waals surface area contributed by atoms with E-state index in [4.69, 9.17) is 39.5 Å². The van der Waals surface area contributed by atoms with Crippen molar-refractivity contribution < 1.29 is 9.53 Å². The van der Waals surface area contributed by atoms with Gasteiger partial charge in [0.2, 0.25) is 0 Å². The minimum absolute atomic E-state index is 0.160. The third-order valence-corrected chi connectivity index (χ3v) is 3.65. The third kappa shape index (κ3) is 5.43. The lowest BCUT2D eigenvalue weighted by Crippen LogP contribution is -2.25. The predicted molar refractivity (Wildman–Crippen MR) is 93.8 cm³/mol. The number of carbonyl (C=O) groups is 1. The number of hydrogen-bond acceptors (Lipinski definition) is 3. The highest BCUT2D eigenvalue weighted by Crippen LogP contribution is 2.21. The highest BCUT2D eigenvalue weighted by Gasteiger charge is 2.06. The Balaban J connectivity index is 1.90. The highest BCUT2D eigenvalue weighted by atomic mass is 35.5. The summed E-state index contributed by atoms with van der Waals surface area (Å²) in [4.78, 5) is 11.7. The van der Waals surface area contributed by atoms with E-state index in [1.54, 1.807) is 49.4 Å². The smallest absolute Gasteiger partial charge is 0.277 e. The number of nitrogens with zero attached hydrogens (tertiary/aromatic N) is 1. The Labute approximate surface area is 149 Å². The predicted octanol–water partition coefficient (Wildman–Crippen LogP) is 4.57. The van der Waals surface area contributed by atoms with Gasteiger partial charge in [0, 0.05) is 15.6 Å². The van der Waals surface area contributed by atoms with Gasteiger partial charge in [-0.25, -0.2) is 5.43 Å². The first-order valence-corrected chi connectivity index (χ1v) is 7.76. The van der Waals surface area contributed by atoms with Crippen LogP contribution >= 0.6 is 34.8 Å². The zero-order chi connectivity index (χ0) is 16.8. The van der Waals surface area contributed by atoms with Crippen LogP contribution in [-0.4, -0.2) is 18.2 Å². The standard InChI is InChI=1S/C16H13Cl3N2O2/c1-10(14-7-4-12(18)8-15(14)19)20-21-16(22)9-23-13-5-2-11(17)3-6-13/h2-8H,9H2,1H3,(H,21,22)/b20-10-. The third-order valence-electron chi connectivity index (χ3n) is 2.85. The summed E-state index contributed by atoms with van der Waals surface area (Å²) in [7, 11) is 0. The Kier molecular flexibility index (Phi) is 6.28. The number of carbonyl (C=O) groups excluding carboxylic acids is 1. The van der Waals surface area contributed by atoms with E-state index in [0.29, 0.717) is 32.1 Å². The van der Waals surface area contributed by atoms with Gasteiger partial charge in [0.25, 0.3) is 5.91 Å². The van der Waals surface area contributed by atoms with Crippen molar-refractivity contribution in [2.75, 3.05) is 6.61 Å². The Morgan fingerprint density at radius 3 is 2.39 bits per heavy atom. The van der Waals surface area contributed by atoms with Crippen LogP contribution in [0.3, 0.4) is 0 Å². The lowest BCUT2D eigenvalue weighted by Gasteiger charge is -2.07. The summed E-state index contributed by atoms with van der Waals surface area (Å²) in [6.07, 6.45) is 0. The summed E-state index contributed by atoms with van der Waals surface area (Å²) < 4.78 is 5.32. The minimum atomic E-state index is -0.385. The number of rotatable bonds is 5. The number of hydrogen-bond donors (Lipinski definition) is 1. The van der Waals surface area contributed by atoms with E-state index in [2.05, 4.69) is 10.5 Å². The van der Waals surface area contributed by atoms with Crippen molar-refractivity contribution in [1.82, 2.24) is 5.43 Å². The first-order chi connectivity index (χ1) is 11.0. The van der Waals surface area contributed by atoms with E-state index < -0.39 is 0 Å². The normalized spacial score (nSPS) is 11.2. The second-order valence-electron chi connectivity index (χ2n) is 4.60. The molecular weight excluding hydrogens is 359 g/mol. The van der Waals surface area contributed by atoms with Gasteiger partial charge in [-0.1, -0.05) is 40.9 Å². The van der Waals surface area contributed by atoms with Crippen molar-refractivity contribution in [2.45, 2.75) is 6.92 Å². The molecule has 7 heteroatoms. The second-order valence-corrected chi connectivity index (χ2v) is 5.88. The van der Waals surface area contributed by atoms with E-state index in [0.717, 1.165) is 0 Å². The molecule has 0 fully saturated rings. The fourth-order valence-electron chi connectivity index (χ4n) is 1.70. The van der Waals surface area contributed by atoms with Crippen LogP contribution in [0.4, 0.5) is 0 Å². The quantitative estimate of drug-likeness (QED) is 0.618. The molecule has 2 aromatic rings. The van der Waals surface area contributed by atoms with Crippen LogP contribution in [0, 0.1) is 0 Å². The molecule has 120 valence electrons. The van der Waals surface area contributed by atoms with Gasteiger partial charge in [-0.05, 0) is 43.3 Å². The minimum Gasteiger partial charge on any atom is -0.484 e. The maximum Gasteiger partial charge on any atom is 0.277 e. The molecule has 0 saturated heterocycles. The molecule has 0 spiro atoms. The summed E-state index contributed by atoms with van der Waals surface area (Å²) >= 11 is 17.7. The Bertz CT molecular complexity index is 731. The maximum absolute atomic E-state index is 11.7. The van der Waals surface area contributed by atoms with Crippen molar-refractivity contribution >= 4 is 46.4 Å². The first kappa shape index (κ1) is 17.6. The summed E-state index contributed by atoms with van der Waals surface area (Å²) in [6, 6.07) is 11.8. The number of benzene rings is 2. The number of ether oxygens (including phenoxy) is 1. The second kappa shape index (κ2) is 8.20. The molecule has 2 aromatic carbocycles. The van der Waals surface area contributed by atoms with Gasteiger partial charge in [0.1, 0.15) is 5.75 Å². The van der Waals surface area contributed by atoms with Crippen molar-refractivity contribution in [3.63, 3.8) is 0 Å². The van der Waals surface area contributed by atoms with Crippen LogP contribution in [0.25, 0.3) is 0 Å². The number of amides is 1. The largest absolute Gasteiger partial charge is 0.484 e. The van der Waals surface area contributed by atoms with Gasteiger partial charge in [-0.2, -0.15) is 5.10 Å². The number of halogens is 3. The van der Waals surface area contributed by atoms with E-state index in [1.807, 2.05) is 0 Å². The van der Waals surface area contributed by atoms with E-state index in [1.165, 1.54) is 0 Å². The van der Waals surface area contributed by atoms with Crippen LogP contribution < -0.4 is 10.2 Å². The summed E-state index contributed by atoms with van der Waals surface area (Å²) in [5.41, 5.74) is 3.66. The van der Waals surface area contributed by atoms with Crippen LogP contribution in [0.2, 0.25) is 15.1 Å². The number of hydrazone groups is 1. The topological polar surface area (TPSA) is 50.7 Å². The molecule has 2 rings (SSSR count). The monoisotopic (exact) mass is 370 g/mol. The van der Waals surface area contributed by atoms with Gasteiger partial charge < -0.3 is 4.74 Å². The Morgan fingerprint density at radius 1 is 1.09 bits per heavy atom. The molecule has 0 aliphatic rings. The van der Waals surface area contributed by atoms with Crippen molar-refractivity contribution in [3.8, 4) is 5.75 Å². The molecule has 1 amide bonds. The average Bonchev–Trinajstić information content (AvgIpc) is 2.52. The fraction of sp³-hybridized carbons (Fsp3) is 0.125. The van der Waals surface area contributed by atoms with Crippen molar-refractivity contribution in [3.05, 3.63) is 63.1 Å². The first-order valence-electron chi connectivity index (χ1n) is 6.62. The molecule has 0 aliphatic carbocycles. The average molecular weight is 372 g/mol. The highest BCUT2D eigenvalue weighted by molar-refractivity contribution is 6.37. The molecule has 4 nitrogen and oxygen atoms in total. The zero-order valence-corrected chi connectivity index (χ0v) is 14.4. The Morgan fingerprint density at radius 2 is 1.74 bits per heavy atom. The molecule has 1 N–H and O–H groups in total. The van der Waals surface area contributed by atoms with Crippen molar-refractivity contribution in [2.24, 2.45) is 5.10 Å². The fourth-order valence-corrected chi connectivity index (χ4v) is 2.37. The van der Waals surface area contributed by atoms with Crippen LogP contribution in [0.5, 0.6) is 5.75 Å². The van der Waals surface area contributed by atoms with Crippen LogP contribution in [0.15, 0.2) is 47.6 Å². The zero-order valence-electron chi connectivity index (χ0n) is 12.1. The van der Waals surface area contributed by atoms with E-state index in [-0.39, 0.29) is 12.5 Å². The molecule has 0 unspecified atom stereocenters. The van der Waals surface area contributed by atoms with Crippen LogP contribution in [-0.2, 0) is 4.79 Å². The summed E-state index contributed by atoms with van der Waals surface area (Å²) in [5, 5.41) is 5.60. The lowest BCUT2D eigenvalue weighted by molar-refractivity contribution is -0.123. The molecule has 0 atom stereocenters.